The summed E-state index contributed by atoms with van der Waals surface area (Å²) in [5.74, 6) is -1.66. The first-order valence-electron chi connectivity index (χ1n) is 18.1. The Morgan fingerprint density at radius 3 is 2.16 bits per heavy atom. The molecule has 0 bridgehead atoms. The summed E-state index contributed by atoms with van der Waals surface area (Å²) in [7, 11) is 6.87. The van der Waals surface area contributed by atoms with E-state index in [1.807, 2.05) is 76.9 Å². The van der Waals surface area contributed by atoms with Gasteiger partial charge in [-0.2, -0.15) is 0 Å². The van der Waals surface area contributed by atoms with Crippen molar-refractivity contribution in [3.63, 3.8) is 0 Å². The highest BCUT2D eigenvalue weighted by Gasteiger charge is 2.58. The summed E-state index contributed by atoms with van der Waals surface area (Å²) in [5, 5.41) is 8.84. The second kappa shape index (κ2) is 20.2. The monoisotopic (exact) mass is 687 g/mol. The molecule has 3 N–H and O–H groups in total. The highest BCUT2D eigenvalue weighted by Crippen LogP contribution is 2.44. The van der Waals surface area contributed by atoms with Crippen molar-refractivity contribution in [2.24, 2.45) is 23.7 Å². The van der Waals surface area contributed by atoms with Crippen LogP contribution in [-0.2, 0) is 35.1 Å². The van der Waals surface area contributed by atoms with Crippen molar-refractivity contribution in [3.8, 4) is 0 Å². The third kappa shape index (κ3) is 9.97. The van der Waals surface area contributed by atoms with Gasteiger partial charge in [0.2, 0.25) is 17.7 Å². The largest absolute Gasteiger partial charge is 0.379 e. The number of ether oxygens (including phenoxy) is 2. The Hall–Kier alpha value is -2.70. The van der Waals surface area contributed by atoms with Gasteiger partial charge in [0.25, 0.3) is 0 Å². The molecule has 0 saturated carbocycles. The van der Waals surface area contributed by atoms with E-state index in [1.165, 1.54) is 0 Å². The molecule has 0 unspecified atom stereocenters. The number of benzene rings is 1. The highest BCUT2D eigenvalue weighted by atomic mass is 16.5. The Morgan fingerprint density at radius 2 is 1.65 bits per heavy atom. The van der Waals surface area contributed by atoms with Crippen LogP contribution in [0, 0.1) is 23.7 Å². The van der Waals surface area contributed by atoms with Gasteiger partial charge >= 0.3 is 0 Å². The minimum atomic E-state index is -0.971. The topological polar surface area (TPSA) is 129 Å². The second-order valence-corrected chi connectivity index (χ2v) is 14.3. The van der Waals surface area contributed by atoms with E-state index in [4.69, 9.17) is 9.47 Å². The molecule has 1 aromatic carbocycles. The Labute approximate surface area is 295 Å². The Bertz CT molecular complexity index is 1180. The number of amides is 3. The van der Waals surface area contributed by atoms with Crippen LogP contribution in [0.4, 0.5) is 0 Å². The predicted octanol–water partition coefficient (Wildman–Crippen LogP) is 3.65. The summed E-state index contributed by atoms with van der Waals surface area (Å²) in [4.78, 5) is 57.7. The average Bonchev–Trinajstić information content (AvgIpc) is 3.54. The lowest BCUT2D eigenvalue weighted by Gasteiger charge is -2.59. The van der Waals surface area contributed by atoms with Crippen LogP contribution in [0.15, 0.2) is 30.3 Å². The quantitative estimate of drug-likeness (QED) is 0.166. The molecule has 1 fully saturated rings. The van der Waals surface area contributed by atoms with Crippen LogP contribution in [0.1, 0.15) is 79.7 Å². The normalized spacial score (nSPS) is 20.3. The van der Waals surface area contributed by atoms with Gasteiger partial charge in [0, 0.05) is 39.8 Å². The molecule has 8 atom stereocenters. The van der Waals surface area contributed by atoms with E-state index in [0.29, 0.717) is 13.1 Å². The smallest absolute Gasteiger partial charge is 0.244 e. The van der Waals surface area contributed by atoms with Crippen molar-refractivity contribution in [2.75, 3.05) is 41.4 Å². The number of nitrogens with zero attached hydrogens (tertiary/aromatic N) is 2. The van der Waals surface area contributed by atoms with E-state index >= 15 is 0 Å². The molecule has 0 spiro atoms. The highest BCUT2D eigenvalue weighted by molar-refractivity contribution is 6.00. The fraction of sp³-hybridized carbons (Fsp3) is 0.737. The molecule has 11 nitrogen and oxygen atoms in total. The van der Waals surface area contributed by atoms with Crippen molar-refractivity contribution >= 4 is 24.0 Å². The van der Waals surface area contributed by atoms with Crippen molar-refractivity contribution in [3.05, 3.63) is 35.9 Å². The summed E-state index contributed by atoms with van der Waals surface area (Å²) < 4.78 is 12.4. The average molecular weight is 688 g/mol. The number of hydrogen-bond donors (Lipinski definition) is 3. The van der Waals surface area contributed by atoms with Crippen LogP contribution in [0.3, 0.4) is 0 Å². The van der Waals surface area contributed by atoms with Crippen LogP contribution < -0.4 is 16.0 Å². The summed E-state index contributed by atoms with van der Waals surface area (Å²) in [5.41, 5.74) is 0.181. The number of aldehydes is 1. The number of carbonyl (C=O) groups is 4. The van der Waals surface area contributed by atoms with E-state index in [2.05, 4.69) is 34.7 Å². The number of carbonyl (C=O) groups excluding carboxylic acids is 4. The number of likely N-dealkylation sites (tertiary alicyclic amines) is 1. The third-order valence-electron chi connectivity index (χ3n) is 10.7. The Kier molecular flexibility index (Phi) is 17.5. The number of imide groups is 1. The first-order chi connectivity index (χ1) is 23.3. The van der Waals surface area contributed by atoms with Gasteiger partial charge in [0.05, 0.1) is 30.2 Å². The number of methoxy groups -OCH3 is 2. The molecule has 49 heavy (non-hydrogen) atoms. The standard InChI is InChI=1S/C38H65N5O6/c1-12-27(6)38(31(48-10)21-24-44,42(9)33(26(4)5)37(47)41-36(46)32(39-8)25(2)3)43-23-16-19-30(43)34(49-11)28(7)35(45)40-22-20-29-17-14-13-15-18-29/h13-15,17-18,24-28,30-34,39H,12,16,19-23H2,1-11H3,(H,40,45)(H,41,46,47)/t27-,28+,30-,31+,32-,33-,34+,38-/m0/s1. The van der Waals surface area contributed by atoms with Crippen molar-refractivity contribution in [2.45, 2.75) is 117 Å². The lowest BCUT2D eigenvalue weighted by molar-refractivity contribution is -0.203. The lowest BCUT2D eigenvalue weighted by Crippen LogP contribution is -2.75. The van der Waals surface area contributed by atoms with Gasteiger partial charge < -0.3 is 24.9 Å². The van der Waals surface area contributed by atoms with Crippen molar-refractivity contribution in [1.82, 2.24) is 25.8 Å². The summed E-state index contributed by atoms with van der Waals surface area (Å²) >= 11 is 0. The number of rotatable bonds is 21. The van der Waals surface area contributed by atoms with Gasteiger partial charge in [0.1, 0.15) is 11.9 Å². The van der Waals surface area contributed by atoms with E-state index in [-0.39, 0.29) is 42.0 Å². The molecular formula is C38H65N5O6. The molecule has 1 aromatic rings. The van der Waals surface area contributed by atoms with Gasteiger partial charge in [-0.1, -0.05) is 85.2 Å². The fourth-order valence-corrected chi connectivity index (χ4v) is 8.14. The third-order valence-corrected chi connectivity index (χ3v) is 10.7. The van der Waals surface area contributed by atoms with Crippen LogP contribution in [0.25, 0.3) is 0 Å². The van der Waals surface area contributed by atoms with Gasteiger partial charge in [-0.05, 0) is 56.7 Å². The van der Waals surface area contributed by atoms with E-state index in [9.17, 15) is 19.2 Å². The van der Waals surface area contributed by atoms with E-state index in [0.717, 1.165) is 37.5 Å². The van der Waals surface area contributed by atoms with Crippen LogP contribution in [0.2, 0.25) is 0 Å². The fourth-order valence-electron chi connectivity index (χ4n) is 8.14. The molecule has 11 heteroatoms. The van der Waals surface area contributed by atoms with Crippen molar-refractivity contribution in [1.29, 1.82) is 0 Å². The van der Waals surface area contributed by atoms with E-state index in [1.54, 1.807) is 21.3 Å². The molecule has 3 amide bonds. The molecule has 0 aliphatic carbocycles. The van der Waals surface area contributed by atoms with Crippen LogP contribution >= 0.6 is 0 Å². The van der Waals surface area contributed by atoms with Crippen LogP contribution in [0.5, 0.6) is 0 Å². The Balaban J connectivity index is 2.59. The summed E-state index contributed by atoms with van der Waals surface area (Å²) in [6.07, 6.45) is 2.92. The zero-order valence-electron chi connectivity index (χ0n) is 32.0. The molecule has 0 radical (unpaired) electrons. The van der Waals surface area contributed by atoms with Gasteiger partial charge in [0.15, 0.2) is 0 Å². The van der Waals surface area contributed by atoms with Crippen molar-refractivity contribution < 1.29 is 28.7 Å². The molecule has 1 aliphatic heterocycles. The molecule has 1 saturated heterocycles. The summed E-state index contributed by atoms with van der Waals surface area (Å²) in [6.45, 7) is 15.1. The maximum atomic E-state index is 14.2. The first kappa shape index (κ1) is 42.5. The molecule has 278 valence electrons. The molecule has 1 heterocycles. The summed E-state index contributed by atoms with van der Waals surface area (Å²) in [6, 6.07) is 8.56. The second-order valence-electron chi connectivity index (χ2n) is 14.3. The maximum Gasteiger partial charge on any atom is 0.244 e. The molecular weight excluding hydrogens is 622 g/mol. The number of hydrogen-bond acceptors (Lipinski definition) is 9. The number of nitrogens with one attached hydrogen (secondary N) is 3. The molecule has 2 rings (SSSR count). The molecule has 0 aromatic heterocycles. The van der Waals surface area contributed by atoms with Gasteiger partial charge in [-0.25, -0.2) is 0 Å². The Morgan fingerprint density at radius 1 is 1.00 bits per heavy atom. The minimum absolute atomic E-state index is 0.0217. The van der Waals surface area contributed by atoms with E-state index < -0.39 is 41.8 Å². The zero-order chi connectivity index (χ0) is 36.9. The van der Waals surface area contributed by atoms with Gasteiger partial charge in [-0.15, -0.1) is 0 Å². The first-order valence-corrected chi connectivity index (χ1v) is 18.1. The number of likely N-dealkylation sites (N-methyl/N-ethyl adjacent to an activating group) is 2. The zero-order valence-corrected chi connectivity index (χ0v) is 32.0. The lowest BCUT2D eigenvalue weighted by atomic mass is 9.78. The van der Waals surface area contributed by atoms with Gasteiger partial charge in [-0.3, -0.25) is 29.5 Å². The maximum absolute atomic E-state index is 14.2. The SMILES string of the molecule is CC[C@H](C)[C@]([C@@H](CC=O)OC)(N(C)[C@H](C(=O)NC(=O)[C@@H](NC)C(C)C)C(C)C)N1CCC[C@H]1[C@H](OC)[C@@H](C)C(=O)NCCc1ccccc1. The van der Waals surface area contributed by atoms with Crippen LogP contribution in [-0.4, -0.2) is 111 Å². The predicted molar refractivity (Wildman–Crippen MR) is 194 cm³/mol. The minimum Gasteiger partial charge on any atom is -0.379 e. The molecule has 1 aliphatic rings.